The van der Waals surface area contributed by atoms with E-state index in [2.05, 4.69) is 30.5 Å². The van der Waals surface area contributed by atoms with Gasteiger partial charge in [-0.15, -0.1) is 11.8 Å². The van der Waals surface area contributed by atoms with Gasteiger partial charge in [0.05, 0.1) is 18.6 Å². The Morgan fingerprint density at radius 1 is 1.36 bits per heavy atom. The quantitative estimate of drug-likeness (QED) is 0.769. The van der Waals surface area contributed by atoms with E-state index in [9.17, 15) is 0 Å². The van der Waals surface area contributed by atoms with Crippen molar-refractivity contribution < 1.29 is 4.74 Å². The fourth-order valence-corrected chi connectivity index (χ4v) is 2.10. The van der Waals surface area contributed by atoms with Crippen molar-refractivity contribution in [2.45, 2.75) is 10.3 Å². The second-order valence-corrected chi connectivity index (χ2v) is 4.59. The summed E-state index contributed by atoms with van der Waals surface area (Å²) in [6, 6.07) is 8.63. The highest BCUT2D eigenvalue weighted by molar-refractivity contribution is 7.98. The summed E-state index contributed by atoms with van der Waals surface area (Å²) in [6.45, 7) is 2.20. The van der Waals surface area contributed by atoms with Gasteiger partial charge in [0, 0.05) is 11.4 Å². The summed E-state index contributed by atoms with van der Waals surface area (Å²) in [4.78, 5) is 1.29. The van der Waals surface area contributed by atoms with Crippen LogP contribution < -0.4 is 5.73 Å². The van der Waals surface area contributed by atoms with Crippen LogP contribution in [0.4, 0.5) is 0 Å². The van der Waals surface area contributed by atoms with Crippen LogP contribution in [0.15, 0.2) is 29.2 Å². The fourth-order valence-electron chi connectivity index (χ4n) is 1.70. The summed E-state index contributed by atoms with van der Waals surface area (Å²) in [5.41, 5.74) is 7.19. The normalized spacial score (nSPS) is 19.0. The lowest BCUT2D eigenvalue weighted by molar-refractivity contribution is -0.0550. The van der Waals surface area contributed by atoms with Crippen molar-refractivity contribution in [1.82, 2.24) is 0 Å². The maximum atomic E-state index is 5.79. The second-order valence-electron chi connectivity index (χ2n) is 3.71. The Morgan fingerprint density at radius 3 is 2.36 bits per heavy atom. The van der Waals surface area contributed by atoms with Crippen LogP contribution in [-0.4, -0.2) is 26.0 Å². The zero-order chi connectivity index (χ0) is 10.0. The molecule has 1 aliphatic rings. The lowest BCUT2D eigenvalue weighted by Gasteiger charge is -2.41. The summed E-state index contributed by atoms with van der Waals surface area (Å²) in [7, 11) is 0. The largest absolute Gasteiger partial charge is 0.379 e. The monoisotopic (exact) mass is 209 g/mol. The molecule has 14 heavy (non-hydrogen) atoms. The topological polar surface area (TPSA) is 35.2 Å². The summed E-state index contributed by atoms with van der Waals surface area (Å²) < 4.78 is 5.25. The van der Waals surface area contributed by atoms with Crippen LogP contribution in [0.5, 0.6) is 0 Å². The predicted octanol–water partition coefficient (Wildman–Crippen LogP) is 1.64. The van der Waals surface area contributed by atoms with E-state index in [-0.39, 0.29) is 5.41 Å². The molecule has 3 heteroatoms. The van der Waals surface area contributed by atoms with E-state index in [0.29, 0.717) is 6.54 Å². The molecule has 76 valence electrons. The zero-order valence-electron chi connectivity index (χ0n) is 8.32. The van der Waals surface area contributed by atoms with Gasteiger partial charge in [-0.3, -0.25) is 0 Å². The maximum Gasteiger partial charge on any atom is 0.0597 e. The highest BCUT2D eigenvalue weighted by atomic mass is 32.2. The molecule has 0 amide bonds. The van der Waals surface area contributed by atoms with Crippen molar-refractivity contribution >= 4 is 11.8 Å². The molecular weight excluding hydrogens is 194 g/mol. The van der Waals surface area contributed by atoms with Crippen molar-refractivity contribution in [3.63, 3.8) is 0 Å². The number of thioether (sulfide) groups is 1. The van der Waals surface area contributed by atoms with Crippen LogP contribution in [0.1, 0.15) is 5.56 Å². The number of nitrogens with two attached hydrogens (primary N) is 1. The zero-order valence-corrected chi connectivity index (χ0v) is 9.14. The van der Waals surface area contributed by atoms with Crippen LogP contribution >= 0.6 is 11.8 Å². The van der Waals surface area contributed by atoms with Gasteiger partial charge in [0.1, 0.15) is 0 Å². The first-order valence-electron chi connectivity index (χ1n) is 4.73. The van der Waals surface area contributed by atoms with Crippen LogP contribution in [-0.2, 0) is 10.2 Å². The van der Waals surface area contributed by atoms with E-state index in [1.165, 1.54) is 10.5 Å². The highest BCUT2D eigenvalue weighted by Crippen LogP contribution is 2.32. The van der Waals surface area contributed by atoms with Gasteiger partial charge in [-0.25, -0.2) is 0 Å². The fraction of sp³-hybridized carbons (Fsp3) is 0.455. The van der Waals surface area contributed by atoms with Crippen molar-refractivity contribution in [1.29, 1.82) is 0 Å². The van der Waals surface area contributed by atoms with Crippen molar-refractivity contribution in [2.75, 3.05) is 26.0 Å². The summed E-state index contributed by atoms with van der Waals surface area (Å²) >= 11 is 1.76. The Bertz CT molecular complexity index is 300. The van der Waals surface area contributed by atoms with Gasteiger partial charge < -0.3 is 10.5 Å². The van der Waals surface area contributed by atoms with Gasteiger partial charge >= 0.3 is 0 Å². The molecule has 1 aliphatic heterocycles. The Hall–Kier alpha value is -0.510. The van der Waals surface area contributed by atoms with E-state index >= 15 is 0 Å². The molecule has 1 fully saturated rings. The van der Waals surface area contributed by atoms with Gasteiger partial charge in [-0.05, 0) is 24.0 Å². The van der Waals surface area contributed by atoms with E-state index < -0.39 is 0 Å². The average molecular weight is 209 g/mol. The molecule has 0 aliphatic carbocycles. The first-order valence-corrected chi connectivity index (χ1v) is 5.95. The molecule has 2 N–H and O–H groups in total. The Balaban J connectivity index is 2.23. The molecule has 2 nitrogen and oxygen atoms in total. The first kappa shape index (κ1) is 10.0. The smallest absolute Gasteiger partial charge is 0.0597 e. The Kier molecular flexibility index (Phi) is 2.81. The molecule has 0 aromatic heterocycles. The van der Waals surface area contributed by atoms with Crippen LogP contribution in [0.3, 0.4) is 0 Å². The number of benzene rings is 1. The summed E-state index contributed by atoms with van der Waals surface area (Å²) in [6.07, 6.45) is 2.08. The number of hydrogen-bond donors (Lipinski definition) is 1. The van der Waals surface area contributed by atoms with Crippen molar-refractivity contribution in [3.05, 3.63) is 29.8 Å². The van der Waals surface area contributed by atoms with Gasteiger partial charge in [0.2, 0.25) is 0 Å². The van der Waals surface area contributed by atoms with Gasteiger partial charge in [0.15, 0.2) is 0 Å². The molecule has 0 atom stereocenters. The lowest BCUT2D eigenvalue weighted by Crippen LogP contribution is -2.52. The van der Waals surface area contributed by atoms with Crippen molar-refractivity contribution in [2.24, 2.45) is 5.73 Å². The Morgan fingerprint density at radius 2 is 2.00 bits per heavy atom. The van der Waals surface area contributed by atoms with Gasteiger partial charge in [0.25, 0.3) is 0 Å². The van der Waals surface area contributed by atoms with E-state index in [0.717, 1.165) is 13.2 Å². The Labute approximate surface area is 88.8 Å². The predicted molar refractivity (Wildman–Crippen MR) is 59.8 cm³/mol. The van der Waals surface area contributed by atoms with Gasteiger partial charge in [-0.2, -0.15) is 0 Å². The third-order valence-electron chi connectivity index (χ3n) is 2.85. The third kappa shape index (κ3) is 1.56. The van der Waals surface area contributed by atoms with Crippen LogP contribution in [0, 0.1) is 0 Å². The molecular formula is C11H15NOS. The van der Waals surface area contributed by atoms with Crippen LogP contribution in [0.2, 0.25) is 0 Å². The minimum atomic E-state index is 0.0942. The standard InChI is InChI=1S/C11H15NOS/c1-14-10-4-2-9(3-5-10)11(6-12)7-13-8-11/h2-5H,6-8,12H2,1H3. The van der Waals surface area contributed by atoms with E-state index in [1.54, 1.807) is 11.8 Å². The van der Waals surface area contributed by atoms with E-state index in [1.807, 2.05) is 0 Å². The summed E-state index contributed by atoms with van der Waals surface area (Å²) in [5, 5.41) is 0. The van der Waals surface area contributed by atoms with Crippen LogP contribution in [0.25, 0.3) is 0 Å². The molecule has 1 aromatic carbocycles. The average Bonchev–Trinajstić information content (AvgIpc) is 2.18. The molecule has 2 rings (SSSR count). The minimum absolute atomic E-state index is 0.0942. The first-order chi connectivity index (χ1) is 6.80. The SMILES string of the molecule is CSc1ccc(C2(CN)COC2)cc1. The van der Waals surface area contributed by atoms with Gasteiger partial charge in [-0.1, -0.05) is 12.1 Å². The highest BCUT2D eigenvalue weighted by Gasteiger charge is 2.38. The molecule has 1 saturated heterocycles. The molecule has 0 bridgehead atoms. The van der Waals surface area contributed by atoms with Crippen molar-refractivity contribution in [3.8, 4) is 0 Å². The molecule has 0 saturated carbocycles. The number of hydrogen-bond acceptors (Lipinski definition) is 3. The molecule has 0 spiro atoms. The summed E-state index contributed by atoms with van der Waals surface area (Å²) in [5.74, 6) is 0. The second kappa shape index (κ2) is 3.93. The number of rotatable bonds is 3. The minimum Gasteiger partial charge on any atom is -0.379 e. The molecule has 1 aromatic rings. The molecule has 1 heterocycles. The molecule has 0 radical (unpaired) electrons. The molecule has 0 unspecified atom stereocenters. The van der Waals surface area contributed by atoms with E-state index in [4.69, 9.17) is 10.5 Å². The lowest BCUT2D eigenvalue weighted by atomic mass is 9.79. The maximum absolute atomic E-state index is 5.79. The number of ether oxygens (including phenoxy) is 1. The third-order valence-corrected chi connectivity index (χ3v) is 3.59.